The summed E-state index contributed by atoms with van der Waals surface area (Å²) in [7, 11) is -3.10. The van der Waals surface area contributed by atoms with E-state index < -0.39 is 14.6 Å². The molecule has 6 nitrogen and oxygen atoms in total. The number of nitrogens with zero attached hydrogens (tertiary/aromatic N) is 2. The van der Waals surface area contributed by atoms with Gasteiger partial charge in [-0.1, -0.05) is 19.3 Å². The van der Waals surface area contributed by atoms with Gasteiger partial charge >= 0.3 is 0 Å². The normalized spacial score (nSPS) is 31.8. The number of rotatable bonds is 4. The van der Waals surface area contributed by atoms with E-state index >= 15 is 0 Å². The average molecular weight is 385 g/mol. The summed E-state index contributed by atoms with van der Waals surface area (Å²) in [6.07, 6.45) is 7.43. The number of amides is 1. The van der Waals surface area contributed by atoms with E-state index in [4.69, 9.17) is 4.74 Å². The molecular weight excluding hydrogens is 352 g/mol. The lowest BCUT2D eigenvalue weighted by molar-refractivity contribution is -0.138. The summed E-state index contributed by atoms with van der Waals surface area (Å²) < 4.78 is 30.3. The van der Waals surface area contributed by atoms with Crippen molar-refractivity contribution >= 4 is 15.7 Å². The number of likely N-dealkylation sites (tertiary alicyclic amines) is 1. The third kappa shape index (κ3) is 3.42. The molecule has 1 spiro atoms. The molecule has 3 heterocycles. The van der Waals surface area contributed by atoms with Crippen LogP contribution >= 0.6 is 0 Å². The Labute approximate surface area is 157 Å². The molecule has 1 unspecified atom stereocenters. The van der Waals surface area contributed by atoms with E-state index in [2.05, 4.69) is 4.90 Å². The smallest absolute Gasteiger partial charge is 0.222 e. The number of hydrogen-bond acceptors (Lipinski definition) is 5. The topological polar surface area (TPSA) is 66.9 Å². The Hall–Kier alpha value is -0.660. The SMILES string of the molecule is O=C(CC1CCCCC1)N1CC2(C1)C(CN1CCOCC1)CCS2(=O)=O. The zero-order chi connectivity index (χ0) is 18.2. The van der Waals surface area contributed by atoms with Crippen molar-refractivity contribution in [3.63, 3.8) is 0 Å². The maximum Gasteiger partial charge on any atom is 0.222 e. The van der Waals surface area contributed by atoms with Gasteiger partial charge in [-0.3, -0.25) is 9.69 Å². The summed E-state index contributed by atoms with van der Waals surface area (Å²) in [6, 6.07) is 0. The van der Waals surface area contributed by atoms with Crippen molar-refractivity contribution in [2.45, 2.75) is 49.7 Å². The van der Waals surface area contributed by atoms with Crippen molar-refractivity contribution in [3.05, 3.63) is 0 Å². The average Bonchev–Trinajstić information content (AvgIpc) is 2.86. The molecular formula is C19H32N2O4S. The van der Waals surface area contributed by atoms with Crippen LogP contribution in [0.25, 0.3) is 0 Å². The zero-order valence-electron chi connectivity index (χ0n) is 15.7. The van der Waals surface area contributed by atoms with Gasteiger partial charge in [0.25, 0.3) is 0 Å². The molecule has 0 aromatic rings. The second-order valence-corrected chi connectivity index (χ2v) is 11.2. The van der Waals surface area contributed by atoms with Crippen molar-refractivity contribution < 1.29 is 17.9 Å². The molecule has 3 aliphatic heterocycles. The molecule has 4 rings (SSSR count). The van der Waals surface area contributed by atoms with Crippen molar-refractivity contribution in [2.75, 3.05) is 51.7 Å². The van der Waals surface area contributed by atoms with Gasteiger partial charge in [-0.25, -0.2) is 8.42 Å². The Kier molecular flexibility index (Phi) is 5.32. The number of sulfone groups is 1. The van der Waals surface area contributed by atoms with Crippen molar-refractivity contribution in [1.29, 1.82) is 0 Å². The Bertz CT molecular complexity index is 617. The first kappa shape index (κ1) is 18.7. The van der Waals surface area contributed by atoms with E-state index in [-0.39, 0.29) is 17.6 Å². The molecule has 148 valence electrons. The molecule has 0 aromatic carbocycles. The molecule has 0 aromatic heterocycles. The molecule has 7 heteroatoms. The molecule has 4 fully saturated rings. The van der Waals surface area contributed by atoms with Crippen LogP contribution in [-0.2, 0) is 19.4 Å². The van der Waals surface area contributed by atoms with Crippen LogP contribution in [0.4, 0.5) is 0 Å². The van der Waals surface area contributed by atoms with Gasteiger partial charge in [0.1, 0.15) is 4.75 Å². The van der Waals surface area contributed by atoms with Gasteiger partial charge in [0.05, 0.1) is 19.0 Å². The van der Waals surface area contributed by atoms with Gasteiger partial charge in [-0.15, -0.1) is 0 Å². The van der Waals surface area contributed by atoms with Crippen LogP contribution in [0, 0.1) is 11.8 Å². The number of hydrogen-bond donors (Lipinski definition) is 0. The van der Waals surface area contributed by atoms with E-state index in [9.17, 15) is 13.2 Å². The van der Waals surface area contributed by atoms with Gasteiger partial charge in [-0.2, -0.15) is 0 Å². The van der Waals surface area contributed by atoms with Crippen LogP contribution in [0.2, 0.25) is 0 Å². The van der Waals surface area contributed by atoms with Crippen LogP contribution in [0.3, 0.4) is 0 Å². The highest BCUT2D eigenvalue weighted by molar-refractivity contribution is 7.93. The maximum absolute atomic E-state index is 12.8. The molecule has 0 N–H and O–H groups in total. The lowest BCUT2D eigenvalue weighted by Gasteiger charge is -2.51. The summed E-state index contributed by atoms with van der Waals surface area (Å²) in [5.74, 6) is 1.13. The maximum atomic E-state index is 12.8. The Morgan fingerprint density at radius 3 is 2.42 bits per heavy atom. The molecule has 0 bridgehead atoms. The van der Waals surface area contributed by atoms with Crippen LogP contribution in [0.5, 0.6) is 0 Å². The first-order valence-corrected chi connectivity index (χ1v) is 12.0. The largest absolute Gasteiger partial charge is 0.379 e. The molecule has 4 aliphatic rings. The van der Waals surface area contributed by atoms with Gasteiger partial charge in [-0.05, 0) is 31.1 Å². The van der Waals surface area contributed by atoms with Crippen LogP contribution in [0.1, 0.15) is 44.9 Å². The Morgan fingerprint density at radius 1 is 1.04 bits per heavy atom. The Balaban J connectivity index is 1.37. The molecule has 1 saturated carbocycles. The number of ether oxygens (including phenoxy) is 1. The highest BCUT2D eigenvalue weighted by atomic mass is 32.2. The first-order chi connectivity index (χ1) is 12.5. The fraction of sp³-hybridized carbons (Fsp3) is 0.947. The second kappa shape index (κ2) is 7.40. The second-order valence-electron chi connectivity index (χ2n) is 8.74. The van der Waals surface area contributed by atoms with Gasteiger partial charge < -0.3 is 9.64 Å². The molecule has 1 aliphatic carbocycles. The highest BCUT2D eigenvalue weighted by Gasteiger charge is 2.62. The van der Waals surface area contributed by atoms with Crippen molar-refractivity contribution in [1.82, 2.24) is 9.80 Å². The lowest BCUT2D eigenvalue weighted by atomic mass is 9.81. The summed E-state index contributed by atoms with van der Waals surface area (Å²) in [5.41, 5.74) is 0. The Morgan fingerprint density at radius 2 is 1.73 bits per heavy atom. The van der Waals surface area contributed by atoms with Crippen molar-refractivity contribution in [3.8, 4) is 0 Å². The van der Waals surface area contributed by atoms with E-state index in [1.807, 2.05) is 4.90 Å². The fourth-order valence-corrected chi connectivity index (χ4v) is 7.78. The summed E-state index contributed by atoms with van der Waals surface area (Å²) in [4.78, 5) is 16.8. The molecule has 3 saturated heterocycles. The highest BCUT2D eigenvalue weighted by Crippen LogP contribution is 2.45. The number of carbonyl (C=O) groups excluding carboxylic acids is 1. The summed E-state index contributed by atoms with van der Waals surface area (Å²) >= 11 is 0. The monoisotopic (exact) mass is 384 g/mol. The van der Waals surface area contributed by atoms with Crippen LogP contribution < -0.4 is 0 Å². The van der Waals surface area contributed by atoms with E-state index in [0.29, 0.717) is 25.4 Å². The van der Waals surface area contributed by atoms with E-state index in [1.54, 1.807) is 0 Å². The minimum atomic E-state index is -3.10. The third-order valence-corrected chi connectivity index (χ3v) is 9.74. The van der Waals surface area contributed by atoms with Gasteiger partial charge in [0, 0.05) is 39.1 Å². The number of carbonyl (C=O) groups is 1. The first-order valence-electron chi connectivity index (χ1n) is 10.3. The van der Waals surface area contributed by atoms with Gasteiger partial charge in [0.2, 0.25) is 5.91 Å². The van der Waals surface area contributed by atoms with E-state index in [1.165, 1.54) is 19.3 Å². The molecule has 0 radical (unpaired) electrons. The minimum absolute atomic E-state index is 0.157. The standard InChI is InChI=1S/C19H32N2O4S/c22-18(12-16-4-2-1-3-5-16)21-14-19(15-21)17(6-11-26(19,23)24)13-20-7-9-25-10-8-20/h16-17H,1-15H2. The lowest BCUT2D eigenvalue weighted by Crippen LogP contribution is -2.69. The third-order valence-electron chi connectivity index (χ3n) is 7.14. The molecule has 1 amide bonds. The predicted octanol–water partition coefficient (Wildman–Crippen LogP) is 1.30. The molecule has 26 heavy (non-hydrogen) atoms. The minimum Gasteiger partial charge on any atom is -0.379 e. The van der Waals surface area contributed by atoms with Crippen LogP contribution in [-0.4, -0.2) is 80.6 Å². The van der Waals surface area contributed by atoms with Crippen molar-refractivity contribution in [2.24, 2.45) is 11.8 Å². The van der Waals surface area contributed by atoms with Crippen LogP contribution in [0.15, 0.2) is 0 Å². The quantitative estimate of drug-likeness (QED) is 0.731. The fourth-order valence-electron chi connectivity index (χ4n) is 5.37. The predicted molar refractivity (Wildman–Crippen MR) is 99.7 cm³/mol. The van der Waals surface area contributed by atoms with E-state index in [0.717, 1.165) is 52.1 Å². The zero-order valence-corrected chi connectivity index (χ0v) is 16.5. The summed E-state index contributed by atoms with van der Waals surface area (Å²) in [5, 5.41) is 0. The number of morpholine rings is 1. The van der Waals surface area contributed by atoms with Gasteiger partial charge in [0.15, 0.2) is 9.84 Å². The summed E-state index contributed by atoms with van der Waals surface area (Å²) in [6.45, 7) is 4.92. The molecule has 1 atom stereocenters.